The number of hydrogen-bond acceptors (Lipinski definition) is 2. The number of rotatable bonds is 8. The van der Waals surface area contributed by atoms with Crippen LogP contribution in [0.2, 0.25) is 0 Å². The van der Waals surface area contributed by atoms with Crippen molar-refractivity contribution in [3.8, 4) is 22.5 Å². The van der Waals surface area contributed by atoms with Crippen molar-refractivity contribution in [2.24, 2.45) is 11.8 Å². The van der Waals surface area contributed by atoms with Gasteiger partial charge in [-0.2, -0.15) is 0 Å². The van der Waals surface area contributed by atoms with E-state index >= 15 is 0 Å². The van der Waals surface area contributed by atoms with Gasteiger partial charge in [-0.1, -0.05) is 95.0 Å². The third kappa shape index (κ3) is 10.1. The van der Waals surface area contributed by atoms with Crippen LogP contribution < -0.4 is 0 Å². The van der Waals surface area contributed by atoms with Crippen molar-refractivity contribution < 1.29 is 42.0 Å². The molecule has 2 aromatic heterocycles. The predicted octanol–water partition coefficient (Wildman–Crippen LogP) is 10.3. The zero-order chi connectivity index (χ0) is 44.5. The second-order valence-corrected chi connectivity index (χ2v) is 10.8. The summed E-state index contributed by atoms with van der Waals surface area (Å²) in [5.74, 6) is -0.912. The van der Waals surface area contributed by atoms with Crippen LogP contribution in [0.15, 0.2) is 85.2 Å². The summed E-state index contributed by atoms with van der Waals surface area (Å²) in [7, 11) is 0. The van der Waals surface area contributed by atoms with E-state index in [1.165, 1.54) is 48.8 Å². The van der Waals surface area contributed by atoms with Crippen LogP contribution in [0, 0.1) is 51.4 Å². The standard InChI is InChI=1S/C24H26N.C17H20N.Ir/c1-17(2)12-22-15-24(25-16-19(22)4)21-11-10-18(3)23(14-21)13-20-8-6-5-7-9-20;1-12(2)9-16-10-17(18-11-14(16)4)15-7-5-13(3)6-8-15;/h5-10,14-17H,12-13H2,1-4H3;5-7,10-12H,9H2,1-4H3;/q2*-1;/i3D3,4D3,12D2;3D3,4D3,9D2;. The Balaban J connectivity index is 0.000000324. The molecule has 0 bridgehead atoms. The van der Waals surface area contributed by atoms with Crippen LogP contribution in [0.1, 0.15) is 94.1 Å². The van der Waals surface area contributed by atoms with Crippen molar-refractivity contribution >= 4 is 0 Å². The van der Waals surface area contributed by atoms with Crippen LogP contribution in [0.5, 0.6) is 0 Å². The summed E-state index contributed by atoms with van der Waals surface area (Å²) in [5.41, 5.74) is 3.35. The van der Waals surface area contributed by atoms with Crippen molar-refractivity contribution in [2.75, 3.05) is 0 Å². The Labute approximate surface area is 302 Å². The van der Waals surface area contributed by atoms with Crippen LogP contribution in [-0.4, -0.2) is 9.97 Å². The van der Waals surface area contributed by atoms with Gasteiger partial charge in [-0.15, -0.1) is 70.3 Å². The molecular weight excluding hydrogens is 713 g/mol. The summed E-state index contributed by atoms with van der Waals surface area (Å²) in [6.45, 7) is -2.82. The van der Waals surface area contributed by atoms with Crippen molar-refractivity contribution in [1.29, 1.82) is 0 Å². The molecule has 5 rings (SSSR count). The van der Waals surface area contributed by atoms with Gasteiger partial charge in [0.2, 0.25) is 0 Å². The molecule has 0 atom stereocenters. The van der Waals surface area contributed by atoms with Gasteiger partial charge in [-0.25, -0.2) is 0 Å². The fraction of sp³-hybridized carbons (Fsp3) is 0.317. The Hall–Kier alpha value is -3.39. The van der Waals surface area contributed by atoms with Crippen LogP contribution in [0.25, 0.3) is 22.5 Å². The second kappa shape index (κ2) is 16.6. The molecule has 0 aliphatic rings. The molecule has 0 unspecified atom stereocenters. The zero-order valence-corrected chi connectivity index (χ0v) is 27.6. The van der Waals surface area contributed by atoms with E-state index in [1.54, 1.807) is 33.8 Å². The molecular formula is C41H46IrN2-2. The molecule has 3 aromatic carbocycles. The number of benzene rings is 3. The Morgan fingerprint density at radius 2 is 1.25 bits per heavy atom. The van der Waals surface area contributed by atoms with E-state index in [-0.39, 0.29) is 53.5 Å². The first-order chi connectivity index (χ1) is 27.0. The van der Waals surface area contributed by atoms with Gasteiger partial charge >= 0.3 is 0 Å². The van der Waals surface area contributed by atoms with E-state index < -0.39 is 52.0 Å². The first-order valence-electron chi connectivity index (χ1n) is 22.1. The van der Waals surface area contributed by atoms with E-state index in [2.05, 4.69) is 22.1 Å². The van der Waals surface area contributed by atoms with E-state index in [9.17, 15) is 0 Å². The Bertz CT molecular complexity index is 2210. The molecule has 0 aliphatic carbocycles. The quantitative estimate of drug-likeness (QED) is 0.147. The van der Waals surface area contributed by atoms with Crippen LogP contribution in [0.3, 0.4) is 0 Å². The largest absolute Gasteiger partial charge is 0.304 e. The minimum Gasteiger partial charge on any atom is -0.304 e. The molecule has 2 heterocycles. The molecule has 0 amide bonds. The van der Waals surface area contributed by atoms with Crippen molar-refractivity contribution in [3.63, 3.8) is 0 Å². The molecule has 0 aliphatic heterocycles. The van der Waals surface area contributed by atoms with Gasteiger partial charge in [0.15, 0.2) is 0 Å². The summed E-state index contributed by atoms with van der Waals surface area (Å²) < 4.78 is 126. The van der Waals surface area contributed by atoms with E-state index in [4.69, 9.17) is 21.9 Å². The first kappa shape index (κ1) is 18.5. The van der Waals surface area contributed by atoms with Gasteiger partial charge in [0, 0.05) is 54.4 Å². The number of aryl methyl sites for hydroxylation is 4. The van der Waals surface area contributed by atoms with E-state index in [1.807, 2.05) is 30.3 Å². The predicted molar refractivity (Wildman–Crippen MR) is 182 cm³/mol. The third-order valence-corrected chi connectivity index (χ3v) is 6.33. The molecule has 0 saturated carbocycles. The molecule has 3 heteroatoms. The Kier molecular flexibility index (Phi) is 7.00. The molecule has 1 radical (unpaired) electrons. The van der Waals surface area contributed by atoms with Gasteiger partial charge in [0.05, 0.1) is 0 Å². The normalized spacial score (nSPS) is 18.0. The molecule has 231 valence electrons. The maximum absolute atomic E-state index is 8.51. The molecule has 5 aromatic rings. The number of nitrogens with zero attached hydrogens (tertiary/aromatic N) is 2. The molecule has 0 saturated heterocycles. The SMILES string of the molecule is [2H]C([2H])([2H])c1c[c-]c(-c2cc(C([2H])([2H])C(C)C)c(C([2H])([2H])[2H])cn2)cc1.[2H]C([2H])([2H])c1c[c-]c(-c2cc(C([2H])([2H])C(C)C)c(C([2H])([2H])[2H])cn2)cc1Cc1ccccc1.[Ir]. The van der Waals surface area contributed by atoms with E-state index in [0.29, 0.717) is 34.5 Å². The molecule has 44 heavy (non-hydrogen) atoms. The summed E-state index contributed by atoms with van der Waals surface area (Å²) in [6.07, 6.45) is -1.00. The van der Waals surface area contributed by atoms with Crippen LogP contribution >= 0.6 is 0 Å². The second-order valence-electron chi connectivity index (χ2n) is 10.8. The fourth-order valence-corrected chi connectivity index (χ4v) is 4.30. The topological polar surface area (TPSA) is 25.8 Å². The summed E-state index contributed by atoms with van der Waals surface area (Å²) >= 11 is 0. The van der Waals surface area contributed by atoms with Crippen molar-refractivity contribution in [1.82, 2.24) is 9.97 Å². The van der Waals surface area contributed by atoms with Gasteiger partial charge in [0.1, 0.15) is 0 Å². The van der Waals surface area contributed by atoms with Crippen LogP contribution in [0.4, 0.5) is 0 Å². The van der Waals surface area contributed by atoms with Gasteiger partial charge < -0.3 is 9.97 Å². The van der Waals surface area contributed by atoms with Gasteiger partial charge in [0.25, 0.3) is 0 Å². The van der Waals surface area contributed by atoms with Gasteiger partial charge in [-0.05, 0) is 72.8 Å². The summed E-state index contributed by atoms with van der Waals surface area (Å²) in [5, 5.41) is 0. The number of pyridine rings is 2. The monoisotopic (exact) mass is 775 g/mol. The van der Waals surface area contributed by atoms with Crippen LogP contribution in [-0.2, 0) is 39.3 Å². The molecule has 0 N–H and O–H groups in total. The zero-order valence-electron chi connectivity index (χ0n) is 41.2. The summed E-state index contributed by atoms with van der Waals surface area (Å²) in [4.78, 5) is 8.43. The smallest absolute Gasteiger partial charge is 0.0318 e. The van der Waals surface area contributed by atoms with E-state index in [0.717, 1.165) is 5.56 Å². The third-order valence-electron chi connectivity index (χ3n) is 6.33. The maximum Gasteiger partial charge on any atom is 0.0318 e. The average Bonchev–Trinajstić information content (AvgIpc) is 3.13. The fourth-order valence-electron chi connectivity index (χ4n) is 4.30. The minimum absolute atomic E-state index is 0. The average molecular weight is 775 g/mol. The van der Waals surface area contributed by atoms with Gasteiger partial charge in [-0.3, -0.25) is 0 Å². The number of hydrogen-bond donors (Lipinski definition) is 0. The maximum atomic E-state index is 8.51. The molecule has 2 nitrogen and oxygen atoms in total. The Morgan fingerprint density at radius 1 is 0.659 bits per heavy atom. The summed E-state index contributed by atoms with van der Waals surface area (Å²) in [6, 6.07) is 25.6. The molecule has 0 spiro atoms. The van der Waals surface area contributed by atoms with Crippen molar-refractivity contribution in [3.05, 3.63) is 142 Å². The van der Waals surface area contributed by atoms with Crippen molar-refractivity contribution in [2.45, 2.75) is 74.3 Å². The minimum atomic E-state index is -2.52. The first-order valence-corrected chi connectivity index (χ1v) is 14.1. The Morgan fingerprint density at radius 3 is 1.77 bits per heavy atom. The molecule has 0 fully saturated rings. The number of aromatic nitrogens is 2.